The Morgan fingerprint density at radius 3 is 2.48 bits per heavy atom. The topological polar surface area (TPSA) is 177 Å². The van der Waals surface area contributed by atoms with Crippen LogP contribution in [0.2, 0.25) is 0 Å². The number of pyridine rings is 1. The quantitative estimate of drug-likeness (QED) is 0.161. The largest absolute Gasteiger partial charge is 0.497 e. The van der Waals surface area contributed by atoms with Crippen molar-refractivity contribution in [2.75, 3.05) is 34.0 Å². The fraction of sp³-hybridized carbons (Fsp3) is 0.651. The number of hydrogen-bond donors (Lipinski definition) is 1. The number of nitrogens with one attached hydrogen (secondary N) is 1. The van der Waals surface area contributed by atoms with Crippen LogP contribution in [0.15, 0.2) is 36.5 Å². The van der Waals surface area contributed by atoms with E-state index in [-0.39, 0.29) is 61.1 Å². The summed E-state index contributed by atoms with van der Waals surface area (Å²) in [6, 6.07) is 4.39. The molecule has 2 aromatic rings. The van der Waals surface area contributed by atoms with Crippen LogP contribution in [-0.2, 0) is 38.7 Å². The van der Waals surface area contributed by atoms with Crippen LogP contribution in [0, 0.1) is 29.1 Å². The van der Waals surface area contributed by atoms with Gasteiger partial charge in [0.25, 0.3) is 0 Å². The summed E-state index contributed by atoms with van der Waals surface area (Å²) in [6.45, 7) is 10.1. The zero-order valence-corrected chi connectivity index (χ0v) is 35.6. The van der Waals surface area contributed by atoms with Gasteiger partial charge in [0, 0.05) is 30.7 Å². The number of allylic oxidation sites excluding steroid dienone is 2. The predicted molar refractivity (Wildman–Crippen MR) is 216 cm³/mol. The van der Waals surface area contributed by atoms with Crippen molar-refractivity contribution in [3.05, 3.63) is 36.5 Å². The molecule has 0 radical (unpaired) electrons. The molecule has 2 saturated carbocycles. The van der Waals surface area contributed by atoms with Gasteiger partial charge >= 0.3 is 5.97 Å². The van der Waals surface area contributed by atoms with Gasteiger partial charge in [-0.1, -0.05) is 26.0 Å². The third-order valence-corrected chi connectivity index (χ3v) is 13.6. The molecule has 318 valence electrons. The average molecular weight is 826 g/mol. The Morgan fingerprint density at radius 1 is 1.03 bits per heavy atom. The van der Waals surface area contributed by atoms with Crippen LogP contribution >= 0.6 is 0 Å². The first-order valence-electron chi connectivity index (χ1n) is 20.5. The maximum absolute atomic E-state index is 14.9. The van der Waals surface area contributed by atoms with Crippen LogP contribution in [0.1, 0.15) is 92.4 Å². The fourth-order valence-corrected chi connectivity index (χ4v) is 9.83. The molecule has 1 aromatic heterocycles. The number of ether oxygens (including phenoxy) is 5. The number of benzene rings is 1. The molecule has 2 amide bonds. The second-order valence-electron chi connectivity index (χ2n) is 17.7. The standard InChI is InChI=1S/C43H59N3O11S/c1-26-10-8-9-11-28-22-43(28,41(50)45-58(51,52)31-13-14-31)23-36(47)35-20-30(25-46(35)40(49)33(27(2)18-26)21-38(48)57-42(3,4)5)56-39-32-15-12-29(54-7)19-34(32)37(24-44-39)55-17-16-53-6/h9,11-12,15,19,24,26-28,30-31,33,35H,8,10,13-14,16-18,20-23,25H2,1-7H3,(H,45,50)/b11-9-/t26-,27-,28-,30-,33+,35+,43-/m1/s1. The Balaban J connectivity index is 1.35. The van der Waals surface area contributed by atoms with Crippen molar-refractivity contribution in [1.82, 2.24) is 14.6 Å². The van der Waals surface area contributed by atoms with Crippen molar-refractivity contribution in [1.29, 1.82) is 0 Å². The molecule has 3 fully saturated rings. The lowest BCUT2D eigenvalue weighted by molar-refractivity contribution is -0.160. The van der Waals surface area contributed by atoms with E-state index >= 15 is 0 Å². The van der Waals surface area contributed by atoms with Gasteiger partial charge in [-0.3, -0.25) is 23.9 Å². The van der Waals surface area contributed by atoms with Gasteiger partial charge in [0.15, 0.2) is 5.78 Å². The summed E-state index contributed by atoms with van der Waals surface area (Å²) in [6.07, 6.45) is 7.94. The molecule has 1 N–H and O–H groups in total. The minimum atomic E-state index is -3.87. The summed E-state index contributed by atoms with van der Waals surface area (Å²) < 4.78 is 57.1. The van der Waals surface area contributed by atoms with Crippen molar-refractivity contribution in [3.63, 3.8) is 0 Å². The summed E-state index contributed by atoms with van der Waals surface area (Å²) in [7, 11) is -0.722. The van der Waals surface area contributed by atoms with Gasteiger partial charge in [-0.2, -0.15) is 0 Å². The van der Waals surface area contributed by atoms with Crippen molar-refractivity contribution >= 4 is 44.4 Å². The molecule has 6 rings (SSSR count). The van der Waals surface area contributed by atoms with E-state index < -0.39 is 56.2 Å². The molecular weight excluding hydrogens is 767 g/mol. The Labute approximate surface area is 341 Å². The van der Waals surface area contributed by atoms with Gasteiger partial charge in [0.1, 0.15) is 29.8 Å². The summed E-state index contributed by atoms with van der Waals surface area (Å²) in [5.74, 6) is -1.73. The van der Waals surface area contributed by atoms with E-state index in [9.17, 15) is 27.6 Å². The Bertz CT molecular complexity index is 2010. The smallest absolute Gasteiger partial charge is 0.307 e. The number of carbonyl (C=O) groups excluding carboxylic acids is 4. The van der Waals surface area contributed by atoms with Gasteiger partial charge in [-0.15, -0.1) is 0 Å². The van der Waals surface area contributed by atoms with Crippen LogP contribution in [0.5, 0.6) is 17.4 Å². The number of carbonyl (C=O) groups is 4. The Hall–Kier alpha value is -4.24. The first kappa shape index (κ1) is 43.3. The zero-order chi connectivity index (χ0) is 42.0. The number of sulfonamides is 1. The lowest BCUT2D eigenvalue weighted by Gasteiger charge is -2.32. The van der Waals surface area contributed by atoms with Crippen LogP contribution in [0.25, 0.3) is 10.8 Å². The fourth-order valence-electron chi connectivity index (χ4n) is 8.45. The van der Waals surface area contributed by atoms with Crippen molar-refractivity contribution < 1.29 is 51.3 Å². The summed E-state index contributed by atoms with van der Waals surface area (Å²) in [4.78, 5) is 63.0. The molecular formula is C43H59N3O11S. The van der Waals surface area contributed by atoms with E-state index in [0.717, 1.165) is 6.42 Å². The number of esters is 1. The lowest BCUT2D eigenvalue weighted by Crippen LogP contribution is -2.47. The van der Waals surface area contributed by atoms with Gasteiger partial charge in [-0.25, -0.2) is 13.4 Å². The Kier molecular flexibility index (Phi) is 13.1. The molecule has 0 bridgehead atoms. The molecule has 14 nitrogen and oxygen atoms in total. The van der Waals surface area contributed by atoms with Crippen molar-refractivity contribution in [2.45, 2.75) is 115 Å². The maximum atomic E-state index is 14.9. The second-order valence-corrected chi connectivity index (χ2v) is 19.6. The van der Waals surface area contributed by atoms with Crippen LogP contribution in [-0.4, -0.2) is 98.8 Å². The lowest BCUT2D eigenvalue weighted by atomic mass is 9.82. The molecule has 58 heavy (non-hydrogen) atoms. The highest BCUT2D eigenvalue weighted by molar-refractivity contribution is 7.90. The van der Waals surface area contributed by atoms with E-state index in [0.29, 0.717) is 67.6 Å². The molecule has 0 unspecified atom stereocenters. The molecule has 3 heterocycles. The minimum absolute atomic E-state index is 0.0202. The first-order chi connectivity index (χ1) is 27.4. The zero-order valence-electron chi connectivity index (χ0n) is 34.8. The molecule has 2 aliphatic heterocycles. The number of methoxy groups -OCH3 is 2. The number of fused-ring (bicyclic) bond motifs is 3. The number of rotatable bonds is 12. The first-order valence-corrected chi connectivity index (χ1v) is 22.0. The van der Waals surface area contributed by atoms with Gasteiger partial charge in [0.2, 0.25) is 27.7 Å². The molecule has 4 aliphatic rings. The van der Waals surface area contributed by atoms with Gasteiger partial charge in [0.05, 0.1) is 55.5 Å². The average Bonchev–Trinajstić information content (AvgIpc) is 4.08. The number of amides is 2. The number of aromatic nitrogens is 1. The highest BCUT2D eigenvalue weighted by Gasteiger charge is 2.61. The summed E-state index contributed by atoms with van der Waals surface area (Å²) in [5.41, 5.74) is -2.03. The number of nitrogens with zero attached hydrogens (tertiary/aromatic N) is 2. The van der Waals surface area contributed by atoms with Crippen molar-refractivity contribution in [3.8, 4) is 17.4 Å². The molecule has 0 spiro atoms. The monoisotopic (exact) mass is 825 g/mol. The SMILES string of the molecule is COCCOc1cnc(O[C@@H]2C[C@H]3C(=O)C[C@]4(C(=O)NS(=O)(=O)C5CC5)C[C@H]4/C=C\CC[C@@H](C)C[C@@H](C)[C@H](CC(=O)OC(C)(C)C)C(=O)N3C2)c2ccc(OC)cc12. The van der Waals surface area contributed by atoms with Gasteiger partial charge < -0.3 is 28.6 Å². The molecule has 2 aliphatic carbocycles. The minimum Gasteiger partial charge on any atom is -0.497 e. The molecule has 7 atom stereocenters. The highest BCUT2D eigenvalue weighted by Crippen LogP contribution is 2.57. The van der Waals surface area contributed by atoms with E-state index in [1.165, 1.54) is 4.90 Å². The number of ketones is 1. The maximum Gasteiger partial charge on any atom is 0.307 e. The summed E-state index contributed by atoms with van der Waals surface area (Å²) >= 11 is 0. The number of Topliss-reactive ketones (excluding diaryl/α,β-unsaturated/α-hetero) is 1. The third kappa shape index (κ3) is 10.1. The van der Waals surface area contributed by atoms with Crippen LogP contribution in [0.4, 0.5) is 0 Å². The van der Waals surface area contributed by atoms with Crippen LogP contribution in [0.3, 0.4) is 0 Å². The highest BCUT2D eigenvalue weighted by atomic mass is 32.2. The number of hydrogen-bond acceptors (Lipinski definition) is 12. The molecule has 15 heteroatoms. The Morgan fingerprint density at radius 2 is 1.79 bits per heavy atom. The van der Waals surface area contributed by atoms with E-state index in [1.807, 2.05) is 31.2 Å². The molecule has 1 aromatic carbocycles. The second kappa shape index (κ2) is 17.5. The normalized spacial score (nSPS) is 28.7. The van der Waals surface area contributed by atoms with Crippen molar-refractivity contribution in [2.24, 2.45) is 29.1 Å². The summed E-state index contributed by atoms with van der Waals surface area (Å²) in [5, 5.41) is 0.702. The van der Waals surface area contributed by atoms with Crippen LogP contribution < -0.4 is 18.9 Å². The van der Waals surface area contributed by atoms with E-state index in [2.05, 4.69) is 16.6 Å². The predicted octanol–water partition coefficient (Wildman–Crippen LogP) is 5.55. The van der Waals surface area contributed by atoms with Gasteiger partial charge in [-0.05, 0) is 95.2 Å². The third-order valence-electron chi connectivity index (χ3n) is 11.8. The molecule has 1 saturated heterocycles. The van der Waals surface area contributed by atoms with E-state index in [1.54, 1.807) is 47.3 Å². The van der Waals surface area contributed by atoms with E-state index in [4.69, 9.17) is 23.7 Å².